The van der Waals surface area contributed by atoms with Gasteiger partial charge in [-0.25, -0.2) is 0 Å². The van der Waals surface area contributed by atoms with Crippen LogP contribution in [0.25, 0.3) is 0 Å². The monoisotopic (exact) mass is 229 g/mol. The van der Waals surface area contributed by atoms with Crippen LogP contribution in [0.4, 0.5) is 0 Å². The van der Waals surface area contributed by atoms with Crippen LogP contribution in [0.1, 0.15) is 40.0 Å². The molecule has 1 nitrogen and oxygen atoms in total. The molecule has 0 saturated heterocycles. The van der Waals surface area contributed by atoms with Gasteiger partial charge in [-0.3, -0.25) is 0 Å². The predicted molar refractivity (Wildman–Crippen MR) is 68.5 cm³/mol. The van der Waals surface area contributed by atoms with Crippen molar-refractivity contribution in [3.05, 3.63) is 12.7 Å². The zero-order valence-electron chi connectivity index (χ0n) is 10.2. The second kappa shape index (κ2) is 4.10. The van der Waals surface area contributed by atoms with Gasteiger partial charge in [0.2, 0.25) is 0 Å². The van der Waals surface area contributed by atoms with Crippen LogP contribution in [0, 0.1) is 17.3 Å². The van der Waals surface area contributed by atoms with Gasteiger partial charge in [0.1, 0.15) is 0 Å². The first-order valence-electron chi connectivity index (χ1n) is 5.88. The molecule has 2 fully saturated rings. The normalized spacial score (nSPS) is 41.3. The third-order valence-corrected chi connectivity index (χ3v) is 5.22. The quantitative estimate of drug-likeness (QED) is 0.732. The first-order chi connectivity index (χ1) is 6.52. The van der Waals surface area contributed by atoms with Crippen molar-refractivity contribution in [2.75, 3.05) is 6.54 Å². The van der Waals surface area contributed by atoms with E-state index in [0.717, 1.165) is 18.4 Å². The van der Waals surface area contributed by atoms with Gasteiger partial charge in [-0.05, 0) is 43.4 Å². The smallest absolute Gasteiger partial charge is 0.0238 e. The SMILES string of the molecule is C=CCNC1(C)C2CCC(C2)C1(C)C.Cl. The van der Waals surface area contributed by atoms with Crippen molar-refractivity contribution < 1.29 is 0 Å². The summed E-state index contributed by atoms with van der Waals surface area (Å²) < 4.78 is 0. The Hall–Kier alpha value is -0.0100. The molecule has 2 heteroatoms. The zero-order chi connectivity index (χ0) is 10.4. The van der Waals surface area contributed by atoms with E-state index in [0.29, 0.717) is 11.0 Å². The maximum absolute atomic E-state index is 3.80. The molecule has 0 aliphatic heterocycles. The summed E-state index contributed by atoms with van der Waals surface area (Å²) in [4.78, 5) is 0. The minimum Gasteiger partial charge on any atom is -0.307 e. The van der Waals surface area contributed by atoms with Gasteiger partial charge >= 0.3 is 0 Å². The Bertz CT molecular complexity index is 249. The van der Waals surface area contributed by atoms with Gasteiger partial charge in [0, 0.05) is 12.1 Å². The molecule has 2 aliphatic rings. The second-order valence-corrected chi connectivity index (χ2v) is 5.80. The van der Waals surface area contributed by atoms with Gasteiger partial charge in [-0.1, -0.05) is 19.9 Å². The standard InChI is InChI=1S/C13H23N.ClH/c1-5-8-14-13(4)11-7-6-10(9-11)12(13,2)3;/h5,10-11,14H,1,6-9H2,2-4H3;1H. The fourth-order valence-corrected chi connectivity index (χ4v) is 3.77. The zero-order valence-corrected chi connectivity index (χ0v) is 11.0. The molecule has 88 valence electrons. The van der Waals surface area contributed by atoms with Crippen molar-refractivity contribution in [1.29, 1.82) is 0 Å². The predicted octanol–water partition coefficient (Wildman–Crippen LogP) is 3.40. The largest absolute Gasteiger partial charge is 0.307 e. The highest BCUT2D eigenvalue weighted by Gasteiger charge is 2.59. The summed E-state index contributed by atoms with van der Waals surface area (Å²) in [6.07, 6.45) is 6.29. The molecule has 0 amide bonds. The van der Waals surface area contributed by atoms with E-state index in [1.165, 1.54) is 19.3 Å². The number of fused-ring (bicyclic) bond motifs is 2. The molecule has 0 spiro atoms. The molecular formula is C13H24ClN. The lowest BCUT2D eigenvalue weighted by Crippen LogP contribution is -2.57. The van der Waals surface area contributed by atoms with Crippen molar-refractivity contribution in [2.45, 2.75) is 45.6 Å². The molecule has 0 radical (unpaired) electrons. The number of hydrogen-bond donors (Lipinski definition) is 1. The van der Waals surface area contributed by atoms with E-state index < -0.39 is 0 Å². The Morgan fingerprint density at radius 2 is 1.87 bits per heavy atom. The average molecular weight is 230 g/mol. The van der Waals surface area contributed by atoms with Crippen LogP contribution >= 0.6 is 12.4 Å². The summed E-state index contributed by atoms with van der Waals surface area (Å²) in [6.45, 7) is 12.0. The highest BCUT2D eigenvalue weighted by atomic mass is 35.5. The number of nitrogens with one attached hydrogen (secondary N) is 1. The number of rotatable bonds is 3. The van der Waals surface area contributed by atoms with Crippen LogP contribution in [0.3, 0.4) is 0 Å². The lowest BCUT2D eigenvalue weighted by atomic mass is 9.64. The Labute approximate surface area is 100 Å². The fourth-order valence-electron chi connectivity index (χ4n) is 3.77. The van der Waals surface area contributed by atoms with Gasteiger partial charge in [0.25, 0.3) is 0 Å². The van der Waals surface area contributed by atoms with E-state index in [-0.39, 0.29) is 12.4 Å². The summed E-state index contributed by atoms with van der Waals surface area (Å²) in [6, 6.07) is 0. The van der Waals surface area contributed by atoms with E-state index in [2.05, 4.69) is 32.7 Å². The Morgan fingerprint density at radius 3 is 2.33 bits per heavy atom. The molecule has 0 aromatic heterocycles. The molecule has 3 atom stereocenters. The highest BCUT2D eigenvalue weighted by Crippen LogP contribution is 2.61. The van der Waals surface area contributed by atoms with E-state index in [1.54, 1.807) is 0 Å². The van der Waals surface area contributed by atoms with Crippen molar-refractivity contribution in [3.63, 3.8) is 0 Å². The van der Waals surface area contributed by atoms with E-state index >= 15 is 0 Å². The van der Waals surface area contributed by atoms with Crippen LogP contribution in [-0.4, -0.2) is 12.1 Å². The van der Waals surface area contributed by atoms with Crippen LogP contribution in [0.5, 0.6) is 0 Å². The molecule has 2 rings (SSSR count). The van der Waals surface area contributed by atoms with Crippen LogP contribution < -0.4 is 5.32 Å². The first-order valence-corrected chi connectivity index (χ1v) is 5.88. The third kappa shape index (κ3) is 1.64. The van der Waals surface area contributed by atoms with Gasteiger partial charge < -0.3 is 5.32 Å². The van der Waals surface area contributed by atoms with E-state index in [9.17, 15) is 0 Å². The summed E-state index contributed by atoms with van der Waals surface area (Å²) in [7, 11) is 0. The molecule has 2 aliphatic carbocycles. The minimum absolute atomic E-state index is 0. The highest BCUT2D eigenvalue weighted by molar-refractivity contribution is 5.85. The van der Waals surface area contributed by atoms with Gasteiger partial charge in [-0.15, -0.1) is 19.0 Å². The average Bonchev–Trinajstić information content (AvgIpc) is 2.67. The molecule has 0 aromatic rings. The molecular weight excluding hydrogens is 206 g/mol. The van der Waals surface area contributed by atoms with Crippen molar-refractivity contribution in [3.8, 4) is 0 Å². The van der Waals surface area contributed by atoms with Crippen molar-refractivity contribution in [1.82, 2.24) is 5.32 Å². The maximum Gasteiger partial charge on any atom is 0.0238 e. The second-order valence-electron chi connectivity index (χ2n) is 5.80. The summed E-state index contributed by atoms with van der Waals surface area (Å²) in [5, 5.41) is 3.71. The summed E-state index contributed by atoms with van der Waals surface area (Å²) in [5.74, 6) is 1.83. The molecule has 15 heavy (non-hydrogen) atoms. The van der Waals surface area contributed by atoms with Crippen LogP contribution in [0.2, 0.25) is 0 Å². The Balaban J connectivity index is 0.00000112. The fraction of sp³-hybridized carbons (Fsp3) is 0.846. The summed E-state index contributed by atoms with van der Waals surface area (Å²) >= 11 is 0. The topological polar surface area (TPSA) is 12.0 Å². The molecule has 0 aromatic carbocycles. The lowest BCUT2D eigenvalue weighted by Gasteiger charge is -2.48. The Morgan fingerprint density at radius 1 is 1.27 bits per heavy atom. The number of hydrogen-bond acceptors (Lipinski definition) is 1. The van der Waals surface area contributed by atoms with Gasteiger partial charge in [0.05, 0.1) is 0 Å². The van der Waals surface area contributed by atoms with E-state index in [4.69, 9.17) is 0 Å². The maximum atomic E-state index is 3.80. The molecule has 2 bridgehead atoms. The van der Waals surface area contributed by atoms with E-state index in [1.807, 2.05) is 6.08 Å². The molecule has 0 heterocycles. The van der Waals surface area contributed by atoms with Gasteiger partial charge in [0.15, 0.2) is 0 Å². The minimum atomic E-state index is 0. The van der Waals surface area contributed by atoms with Gasteiger partial charge in [-0.2, -0.15) is 0 Å². The van der Waals surface area contributed by atoms with Crippen LogP contribution in [-0.2, 0) is 0 Å². The first kappa shape index (κ1) is 13.1. The number of halogens is 1. The Kier molecular flexibility index (Phi) is 3.57. The lowest BCUT2D eigenvalue weighted by molar-refractivity contribution is 0.0694. The van der Waals surface area contributed by atoms with Crippen LogP contribution in [0.15, 0.2) is 12.7 Å². The third-order valence-electron chi connectivity index (χ3n) is 5.22. The molecule has 3 unspecified atom stereocenters. The molecule has 1 N–H and O–H groups in total. The summed E-state index contributed by atoms with van der Waals surface area (Å²) in [5.41, 5.74) is 0.795. The van der Waals surface area contributed by atoms with Crippen molar-refractivity contribution in [2.24, 2.45) is 17.3 Å². The molecule has 2 saturated carbocycles. The van der Waals surface area contributed by atoms with Crippen molar-refractivity contribution >= 4 is 12.4 Å².